The largest absolute Gasteiger partial charge is 0.386 e. The minimum Gasteiger partial charge on any atom is -0.386 e. The lowest BCUT2D eigenvalue weighted by Crippen LogP contribution is -2.24. The number of benzene rings is 1. The lowest BCUT2D eigenvalue weighted by molar-refractivity contribution is -0.115. The van der Waals surface area contributed by atoms with Gasteiger partial charge in [0, 0.05) is 30.1 Å². The highest BCUT2D eigenvalue weighted by atomic mass is 16.3. The summed E-state index contributed by atoms with van der Waals surface area (Å²) in [5.41, 5.74) is 3.14. The monoisotopic (exact) mass is 239 g/mol. The third-order valence-electron chi connectivity index (χ3n) is 4.11. The van der Waals surface area contributed by atoms with Crippen LogP contribution < -0.4 is 0 Å². The Hall–Kier alpha value is -1.87. The Bertz CT molecular complexity index is 696. The maximum Gasteiger partial charge on any atom is 0.156 e. The van der Waals surface area contributed by atoms with Crippen molar-refractivity contribution in [2.75, 3.05) is 0 Å². The molecule has 0 saturated carbocycles. The SMILES string of the molecule is O=C1C=C2Cn3c(cc4ccccc43)[C@@H](O)C2C1. The molecule has 3 nitrogen and oxygen atoms in total. The molecule has 2 atom stereocenters. The number of allylic oxidation sites excluding steroid dienone is 1. The second-order valence-electron chi connectivity index (χ2n) is 5.16. The van der Waals surface area contributed by atoms with Crippen molar-refractivity contribution in [1.29, 1.82) is 0 Å². The van der Waals surface area contributed by atoms with Crippen molar-refractivity contribution >= 4 is 16.7 Å². The Balaban J connectivity index is 1.96. The van der Waals surface area contributed by atoms with Crippen molar-refractivity contribution < 1.29 is 9.90 Å². The summed E-state index contributed by atoms with van der Waals surface area (Å²) in [6.45, 7) is 0.732. The van der Waals surface area contributed by atoms with Gasteiger partial charge in [0.25, 0.3) is 0 Å². The quantitative estimate of drug-likeness (QED) is 0.765. The Labute approximate surface area is 104 Å². The second kappa shape index (κ2) is 3.33. The summed E-state index contributed by atoms with van der Waals surface area (Å²) in [5, 5.41) is 11.6. The van der Waals surface area contributed by atoms with Crippen molar-refractivity contribution in [3.63, 3.8) is 0 Å². The van der Waals surface area contributed by atoms with Crippen LogP contribution in [0.15, 0.2) is 42.0 Å². The van der Waals surface area contributed by atoms with Gasteiger partial charge >= 0.3 is 0 Å². The van der Waals surface area contributed by atoms with E-state index in [-0.39, 0.29) is 11.7 Å². The number of para-hydroxylation sites is 1. The molecule has 1 unspecified atom stereocenters. The minimum atomic E-state index is -0.552. The van der Waals surface area contributed by atoms with Crippen molar-refractivity contribution in [3.8, 4) is 0 Å². The Morgan fingerprint density at radius 2 is 2.11 bits per heavy atom. The predicted octanol–water partition coefficient (Wildman–Crippen LogP) is 2.20. The molecule has 1 aromatic heterocycles. The van der Waals surface area contributed by atoms with Crippen LogP contribution in [0, 0.1) is 5.92 Å². The molecule has 18 heavy (non-hydrogen) atoms. The number of hydrogen-bond acceptors (Lipinski definition) is 2. The van der Waals surface area contributed by atoms with E-state index in [0.717, 1.165) is 28.7 Å². The summed E-state index contributed by atoms with van der Waals surface area (Å²) in [5.74, 6) is 0.137. The summed E-state index contributed by atoms with van der Waals surface area (Å²) < 4.78 is 2.13. The van der Waals surface area contributed by atoms with Crippen LogP contribution in [-0.4, -0.2) is 15.5 Å². The zero-order chi connectivity index (χ0) is 12.3. The molecular formula is C15H13NO2. The Kier molecular flexibility index (Phi) is 1.87. The van der Waals surface area contributed by atoms with Crippen LogP contribution >= 0.6 is 0 Å². The van der Waals surface area contributed by atoms with Gasteiger partial charge in [-0.15, -0.1) is 0 Å². The number of carbonyl (C=O) groups is 1. The third-order valence-corrected chi connectivity index (χ3v) is 4.11. The number of aliphatic hydroxyl groups is 1. The smallest absolute Gasteiger partial charge is 0.156 e. The number of aliphatic hydroxyl groups excluding tert-OH is 1. The van der Waals surface area contributed by atoms with Crippen molar-refractivity contribution in [3.05, 3.63) is 47.7 Å². The average Bonchev–Trinajstić information content (AvgIpc) is 2.91. The van der Waals surface area contributed by atoms with Gasteiger partial charge in [0.05, 0.1) is 0 Å². The molecule has 1 aliphatic heterocycles. The summed E-state index contributed by atoms with van der Waals surface area (Å²) >= 11 is 0. The molecule has 1 aromatic carbocycles. The molecule has 2 heterocycles. The molecule has 0 bridgehead atoms. The molecule has 0 fully saturated rings. The normalized spacial score (nSPS) is 26.1. The number of nitrogens with zero attached hydrogens (tertiary/aromatic N) is 1. The summed E-state index contributed by atoms with van der Waals surface area (Å²) in [7, 11) is 0. The minimum absolute atomic E-state index is 0.00527. The molecule has 3 heteroatoms. The molecule has 0 saturated heterocycles. The topological polar surface area (TPSA) is 42.2 Å². The van der Waals surface area contributed by atoms with Crippen LogP contribution in [0.25, 0.3) is 10.9 Å². The third kappa shape index (κ3) is 1.20. The number of rotatable bonds is 0. The average molecular weight is 239 g/mol. The van der Waals surface area contributed by atoms with Crippen LogP contribution in [0.5, 0.6) is 0 Å². The van der Waals surface area contributed by atoms with Crippen LogP contribution in [0.1, 0.15) is 18.2 Å². The molecule has 0 amide bonds. The molecule has 90 valence electrons. The molecule has 1 aliphatic carbocycles. The molecule has 0 spiro atoms. The number of carbonyl (C=O) groups excluding carboxylic acids is 1. The summed E-state index contributed by atoms with van der Waals surface area (Å²) in [6.07, 6.45) is 1.62. The first kappa shape index (κ1) is 10.1. The highest BCUT2D eigenvalue weighted by molar-refractivity contribution is 5.94. The Morgan fingerprint density at radius 1 is 1.28 bits per heavy atom. The van der Waals surface area contributed by atoms with E-state index in [0.29, 0.717) is 6.42 Å². The summed E-state index contributed by atoms with van der Waals surface area (Å²) in [4.78, 5) is 11.5. The number of ketones is 1. The van der Waals surface area contributed by atoms with Crippen molar-refractivity contribution in [2.24, 2.45) is 5.92 Å². The lowest BCUT2D eigenvalue weighted by Gasteiger charge is -2.29. The Morgan fingerprint density at radius 3 is 3.00 bits per heavy atom. The van der Waals surface area contributed by atoms with Crippen LogP contribution in [0.4, 0.5) is 0 Å². The standard InChI is InChI=1S/C15H13NO2/c17-11-5-10-8-16-13-4-2-1-3-9(13)6-14(16)15(18)12(10)7-11/h1-6,12,15,18H,7-8H2/t12?,15-/m0/s1. The maximum absolute atomic E-state index is 11.5. The zero-order valence-electron chi connectivity index (χ0n) is 9.84. The van der Waals surface area contributed by atoms with Gasteiger partial charge in [-0.05, 0) is 29.2 Å². The fourth-order valence-electron chi connectivity index (χ4n) is 3.24. The first-order chi connectivity index (χ1) is 8.74. The van der Waals surface area contributed by atoms with Crippen LogP contribution in [0.2, 0.25) is 0 Å². The highest BCUT2D eigenvalue weighted by Gasteiger charge is 2.37. The van der Waals surface area contributed by atoms with Gasteiger partial charge in [0.1, 0.15) is 6.10 Å². The molecule has 2 aromatic rings. The molecule has 2 aliphatic rings. The predicted molar refractivity (Wildman–Crippen MR) is 68.1 cm³/mol. The van der Waals surface area contributed by atoms with E-state index in [4.69, 9.17) is 0 Å². The first-order valence-corrected chi connectivity index (χ1v) is 6.23. The number of fused-ring (bicyclic) bond motifs is 4. The molecule has 4 rings (SSSR count). The number of aromatic nitrogens is 1. The van der Waals surface area contributed by atoms with Crippen LogP contribution in [0.3, 0.4) is 0 Å². The second-order valence-corrected chi connectivity index (χ2v) is 5.16. The van der Waals surface area contributed by atoms with Crippen molar-refractivity contribution in [2.45, 2.75) is 19.1 Å². The van der Waals surface area contributed by atoms with E-state index >= 15 is 0 Å². The first-order valence-electron chi connectivity index (χ1n) is 6.23. The fourth-order valence-corrected chi connectivity index (χ4v) is 3.24. The van der Waals surface area contributed by atoms with Crippen molar-refractivity contribution in [1.82, 2.24) is 4.57 Å². The molecule has 1 N–H and O–H groups in total. The lowest BCUT2D eigenvalue weighted by atomic mass is 9.90. The van der Waals surface area contributed by atoms with Gasteiger partial charge in [0.2, 0.25) is 0 Å². The summed E-state index contributed by atoms with van der Waals surface area (Å²) in [6, 6.07) is 10.2. The van der Waals surface area contributed by atoms with Gasteiger partial charge in [-0.3, -0.25) is 4.79 Å². The zero-order valence-corrected chi connectivity index (χ0v) is 9.84. The van der Waals surface area contributed by atoms with Gasteiger partial charge in [-0.1, -0.05) is 18.2 Å². The molecular weight excluding hydrogens is 226 g/mol. The van der Waals surface area contributed by atoms with E-state index in [1.54, 1.807) is 6.08 Å². The van der Waals surface area contributed by atoms with E-state index in [2.05, 4.69) is 16.7 Å². The fraction of sp³-hybridized carbons (Fsp3) is 0.267. The van der Waals surface area contributed by atoms with E-state index in [1.165, 1.54) is 0 Å². The van der Waals surface area contributed by atoms with Gasteiger partial charge in [-0.2, -0.15) is 0 Å². The molecule has 0 radical (unpaired) electrons. The highest BCUT2D eigenvalue weighted by Crippen LogP contribution is 2.42. The maximum atomic E-state index is 11.5. The van der Waals surface area contributed by atoms with Gasteiger partial charge < -0.3 is 9.67 Å². The van der Waals surface area contributed by atoms with Crippen LogP contribution in [-0.2, 0) is 11.3 Å². The van der Waals surface area contributed by atoms with Gasteiger partial charge in [0.15, 0.2) is 5.78 Å². The van der Waals surface area contributed by atoms with E-state index in [9.17, 15) is 9.90 Å². The van der Waals surface area contributed by atoms with E-state index in [1.807, 2.05) is 18.2 Å². The van der Waals surface area contributed by atoms with Gasteiger partial charge in [-0.25, -0.2) is 0 Å². The van der Waals surface area contributed by atoms with E-state index < -0.39 is 6.10 Å². The number of hydrogen-bond donors (Lipinski definition) is 1.